The summed E-state index contributed by atoms with van der Waals surface area (Å²) in [7, 11) is 0. The van der Waals surface area contributed by atoms with Gasteiger partial charge in [-0.2, -0.15) is 0 Å². The van der Waals surface area contributed by atoms with Crippen molar-refractivity contribution in [1.29, 1.82) is 0 Å². The van der Waals surface area contributed by atoms with Gasteiger partial charge in [0.1, 0.15) is 0 Å². The molecule has 0 saturated heterocycles. The highest BCUT2D eigenvalue weighted by Gasteiger charge is 2.12. The molecule has 0 aliphatic rings. The SMILES string of the molecule is CCC(Br)C(=O)Nc1ccc(C(C)C)cc1. The van der Waals surface area contributed by atoms with Crippen molar-refractivity contribution in [3.8, 4) is 0 Å². The van der Waals surface area contributed by atoms with Gasteiger partial charge in [0.15, 0.2) is 0 Å². The van der Waals surface area contributed by atoms with Crippen molar-refractivity contribution in [2.24, 2.45) is 0 Å². The van der Waals surface area contributed by atoms with E-state index >= 15 is 0 Å². The first-order chi connectivity index (χ1) is 7.54. The van der Waals surface area contributed by atoms with Crippen molar-refractivity contribution in [2.45, 2.75) is 37.9 Å². The maximum atomic E-state index is 11.6. The summed E-state index contributed by atoms with van der Waals surface area (Å²) >= 11 is 3.33. The van der Waals surface area contributed by atoms with Gasteiger partial charge in [-0.05, 0) is 30.0 Å². The lowest BCUT2D eigenvalue weighted by Crippen LogP contribution is -2.21. The number of alkyl halides is 1. The van der Waals surface area contributed by atoms with Crippen molar-refractivity contribution in [3.63, 3.8) is 0 Å². The van der Waals surface area contributed by atoms with Gasteiger partial charge in [0, 0.05) is 5.69 Å². The molecule has 88 valence electrons. The first kappa shape index (κ1) is 13.2. The number of hydrogen-bond donors (Lipinski definition) is 1. The van der Waals surface area contributed by atoms with Crippen LogP contribution in [-0.4, -0.2) is 10.7 Å². The van der Waals surface area contributed by atoms with E-state index in [-0.39, 0.29) is 10.7 Å². The quantitative estimate of drug-likeness (QED) is 0.834. The topological polar surface area (TPSA) is 29.1 Å². The zero-order valence-corrected chi connectivity index (χ0v) is 11.5. The van der Waals surface area contributed by atoms with Crippen LogP contribution in [0.15, 0.2) is 24.3 Å². The molecule has 1 unspecified atom stereocenters. The van der Waals surface area contributed by atoms with Crippen molar-refractivity contribution < 1.29 is 4.79 Å². The highest BCUT2D eigenvalue weighted by molar-refractivity contribution is 9.10. The second kappa shape index (κ2) is 6.04. The molecule has 0 bridgehead atoms. The van der Waals surface area contributed by atoms with Crippen molar-refractivity contribution in [1.82, 2.24) is 0 Å². The Kier molecular flexibility index (Phi) is 5.00. The molecule has 3 heteroatoms. The number of carbonyl (C=O) groups excluding carboxylic acids is 1. The van der Waals surface area contributed by atoms with Crippen molar-refractivity contribution in [2.75, 3.05) is 5.32 Å². The first-order valence-electron chi connectivity index (χ1n) is 5.59. The number of amides is 1. The van der Waals surface area contributed by atoms with Gasteiger partial charge in [-0.1, -0.05) is 48.8 Å². The Bertz CT molecular complexity index is 345. The summed E-state index contributed by atoms with van der Waals surface area (Å²) in [5.74, 6) is 0.532. The van der Waals surface area contributed by atoms with Crippen LogP contribution < -0.4 is 5.32 Å². The Labute approximate surface area is 106 Å². The number of benzene rings is 1. The average Bonchev–Trinajstić information content (AvgIpc) is 2.28. The monoisotopic (exact) mass is 283 g/mol. The van der Waals surface area contributed by atoms with Crippen LogP contribution >= 0.6 is 15.9 Å². The normalized spacial score (nSPS) is 12.6. The average molecular weight is 284 g/mol. The molecule has 0 spiro atoms. The minimum Gasteiger partial charge on any atom is -0.325 e. The standard InChI is InChI=1S/C13H18BrNO/c1-4-12(14)13(16)15-11-7-5-10(6-8-11)9(2)3/h5-9,12H,4H2,1-3H3,(H,15,16). The lowest BCUT2D eigenvalue weighted by atomic mass is 10.0. The van der Waals surface area contributed by atoms with Crippen LogP contribution in [0, 0.1) is 0 Å². The molecule has 1 amide bonds. The summed E-state index contributed by atoms with van der Waals surface area (Å²) in [5.41, 5.74) is 2.14. The molecule has 1 N–H and O–H groups in total. The summed E-state index contributed by atoms with van der Waals surface area (Å²) in [6, 6.07) is 8.00. The number of rotatable bonds is 4. The molecule has 1 aromatic rings. The molecule has 0 aromatic heterocycles. The molecule has 0 saturated carbocycles. The molecule has 2 nitrogen and oxygen atoms in total. The summed E-state index contributed by atoms with van der Waals surface area (Å²) in [5, 5.41) is 2.87. The van der Waals surface area contributed by atoms with E-state index in [0.717, 1.165) is 12.1 Å². The maximum Gasteiger partial charge on any atom is 0.238 e. The summed E-state index contributed by atoms with van der Waals surface area (Å²) in [6.45, 7) is 6.28. The fourth-order valence-electron chi connectivity index (χ4n) is 1.36. The minimum absolute atomic E-state index is 0.0137. The second-order valence-electron chi connectivity index (χ2n) is 4.14. The van der Waals surface area contributed by atoms with Gasteiger partial charge in [-0.15, -0.1) is 0 Å². The third-order valence-corrected chi connectivity index (χ3v) is 3.55. The number of carbonyl (C=O) groups is 1. The fraction of sp³-hybridized carbons (Fsp3) is 0.462. The van der Waals surface area contributed by atoms with Crippen LogP contribution in [0.25, 0.3) is 0 Å². The highest BCUT2D eigenvalue weighted by Crippen LogP contribution is 2.18. The fourth-order valence-corrected chi connectivity index (χ4v) is 1.47. The maximum absolute atomic E-state index is 11.6. The predicted molar refractivity (Wildman–Crippen MR) is 72.2 cm³/mol. The number of nitrogens with one attached hydrogen (secondary N) is 1. The molecule has 0 aliphatic heterocycles. The van der Waals surface area contributed by atoms with Gasteiger partial charge < -0.3 is 5.32 Å². The van der Waals surface area contributed by atoms with E-state index in [1.165, 1.54) is 5.56 Å². The number of halogens is 1. The highest BCUT2D eigenvalue weighted by atomic mass is 79.9. The van der Waals surface area contributed by atoms with E-state index in [0.29, 0.717) is 5.92 Å². The zero-order valence-electron chi connectivity index (χ0n) is 9.96. The van der Waals surface area contributed by atoms with Gasteiger partial charge in [0.25, 0.3) is 0 Å². The summed E-state index contributed by atoms with van der Waals surface area (Å²) < 4.78 is 0. The number of hydrogen-bond acceptors (Lipinski definition) is 1. The predicted octanol–water partition coefficient (Wildman–Crippen LogP) is 3.92. The Morgan fingerprint density at radius 2 is 1.88 bits per heavy atom. The minimum atomic E-state index is -0.114. The lowest BCUT2D eigenvalue weighted by molar-refractivity contribution is -0.115. The molecular formula is C13H18BrNO. The van der Waals surface area contributed by atoms with Gasteiger partial charge >= 0.3 is 0 Å². The van der Waals surface area contributed by atoms with Gasteiger partial charge in [0.2, 0.25) is 5.91 Å². The molecule has 1 atom stereocenters. The first-order valence-corrected chi connectivity index (χ1v) is 6.51. The summed E-state index contributed by atoms with van der Waals surface area (Å²) in [4.78, 5) is 11.5. The molecule has 16 heavy (non-hydrogen) atoms. The lowest BCUT2D eigenvalue weighted by Gasteiger charge is -2.10. The van der Waals surface area contributed by atoms with E-state index < -0.39 is 0 Å². The van der Waals surface area contributed by atoms with Gasteiger partial charge in [0.05, 0.1) is 4.83 Å². The van der Waals surface area contributed by atoms with Crippen molar-refractivity contribution in [3.05, 3.63) is 29.8 Å². The molecule has 0 fully saturated rings. The third-order valence-electron chi connectivity index (χ3n) is 2.49. The van der Waals surface area contributed by atoms with Crippen LogP contribution in [0.4, 0.5) is 5.69 Å². The Hall–Kier alpha value is -0.830. The van der Waals surface area contributed by atoms with E-state index in [2.05, 4.69) is 47.2 Å². The molecule has 0 aliphatic carbocycles. The van der Waals surface area contributed by atoms with E-state index in [1.54, 1.807) is 0 Å². The molecule has 1 aromatic carbocycles. The van der Waals surface area contributed by atoms with Crippen LogP contribution in [0.3, 0.4) is 0 Å². The van der Waals surface area contributed by atoms with Crippen molar-refractivity contribution >= 4 is 27.5 Å². The Balaban J connectivity index is 2.65. The van der Waals surface area contributed by atoms with Gasteiger partial charge in [-0.3, -0.25) is 4.79 Å². The second-order valence-corrected chi connectivity index (χ2v) is 5.25. The zero-order chi connectivity index (χ0) is 12.1. The van der Waals surface area contributed by atoms with Crippen LogP contribution in [-0.2, 0) is 4.79 Å². The number of anilines is 1. The van der Waals surface area contributed by atoms with Crippen LogP contribution in [0.2, 0.25) is 0 Å². The summed E-state index contributed by atoms with van der Waals surface area (Å²) in [6.07, 6.45) is 0.788. The molecule has 0 heterocycles. The molecule has 0 radical (unpaired) electrons. The Morgan fingerprint density at radius 3 is 2.31 bits per heavy atom. The van der Waals surface area contributed by atoms with E-state index in [9.17, 15) is 4.79 Å². The Morgan fingerprint density at radius 1 is 1.31 bits per heavy atom. The van der Waals surface area contributed by atoms with E-state index in [1.807, 2.05) is 19.1 Å². The third kappa shape index (κ3) is 3.63. The van der Waals surface area contributed by atoms with E-state index in [4.69, 9.17) is 0 Å². The van der Waals surface area contributed by atoms with Crippen LogP contribution in [0.1, 0.15) is 38.7 Å². The smallest absolute Gasteiger partial charge is 0.238 e. The molecular weight excluding hydrogens is 266 g/mol. The largest absolute Gasteiger partial charge is 0.325 e. The molecule has 1 rings (SSSR count). The van der Waals surface area contributed by atoms with Gasteiger partial charge in [-0.25, -0.2) is 0 Å². The van der Waals surface area contributed by atoms with Crippen LogP contribution in [0.5, 0.6) is 0 Å².